The Balaban J connectivity index is 0.000000195. The molecule has 50 heavy (non-hydrogen) atoms. The molecule has 0 aromatic carbocycles. The average molecular weight is 767 g/mol. The molecular formula is C31H43F5O12S2-2. The first kappa shape index (κ1) is 39.5. The maximum atomic E-state index is 13.4. The van der Waals surface area contributed by atoms with E-state index in [1.807, 2.05) is 0 Å². The number of hydrogen-bond donors (Lipinski definition) is 2. The standard InChI is InChI=1S/C16H23F3O6S.C15H22F2O6S/c17-16(18,19)12(8-26(22,23)24)1-2-13(20)25-15-6-10-3-11(7-15)5-14(21,4-10)9-15;16-15(17,9-24(20,21)22)2-1-12(18)23-14-6-10-3-11(7-14)5-13(19,4-10)8-14/h10-12,21H,1-9H2,(H,22,23,24);10-11,19H,1-9H2,(H,20,21,22)/p-2. The fraction of sp³-hybridized carbons (Fsp3) is 0.935. The van der Waals surface area contributed by atoms with Gasteiger partial charge in [0.05, 0.1) is 33.7 Å². The van der Waals surface area contributed by atoms with Crippen molar-refractivity contribution in [3.63, 3.8) is 0 Å². The Bertz CT molecular complexity index is 1500. The third kappa shape index (κ3) is 10.3. The van der Waals surface area contributed by atoms with Crippen molar-refractivity contribution < 1.29 is 77.2 Å². The molecule has 19 heteroatoms. The van der Waals surface area contributed by atoms with Crippen molar-refractivity contribution in [3.05, 3.63) is 0 Å². The molecule has 8 bridgehead atoms. The zero-order chi connectivity index (χ0) is 37.2. The van der Waals surface area contributed by atoms with Crippen LogP contribution in [0, 0.1) is 29.6 Å². The third-order valence-corrected chi connectivity index (χ3v) is 12.8. The minimum Gasteiger partial charge on any atom is -0.748 e. The summed E-state index contributed by atoms with van der Waals surface area (Å²) in [7, 11) is -10.1. The lowest BCUT2D eigenvalue weighted by atomic mass is 9.52. The molecule has 8 aliphatic carbocycles. The summed E-state index contributed by atoms with van der Waals surface area (Å²) in [5.74, 6) is -10.1. The quantitative estimate of drug-likeness (QED) is 0.166. The highest BCUT2D eigenvalue weighted by Crippen LogP contribution is 2.60. The summed E-state index contributed by atoms with van der Waals surface area (Å²) in [6.07, 6.45) is -0.166. The van der Waals surface area contributed by atoms with E-state index in [-0.39, 0.29) is 23.7 Å². The van der Waals surface area contributed by atoms with Gasteiger partial charge in [-0.3, -0.25) is 9.59 Å². The number of carbonyl (C=O) groups is 2. The Morgan fingerprint density at radius 2 is 1.10 bits per heavy atom. The van der Waals surface area contributed by atoms with E-state index in [0.717, 1.165) is 12.8 Å². The maximum absolute atomic E-state index is 13.4. The predicted molar refractivity (Wildman–Crippen MR) is 159 cm³/mol. The lowest BCUT2D eigenvalue weighted by molar-refractivity contribution is -0.221. The number of rotatable bonds is 12. The van der Waals surface area contributed by atoms with Gasteiger partial charge in [0.25, 0.3) is 5.92 Å². The number of esters is 2. The molecule has 0 amide bonds. The normalized spacial score (nSPS) is 37.9. The van der Waals surface area contributed by atoms with Gasteiger partial charge < -0.3 is 28.8 Å². The van der Waals surface area contributed by atoms with Crippen molar-refractivity contribution in [1.82, 2.24) is 0 Å². The van der Waals surface area contributed by atoms with Gasteiger partial charge in [0, 0.05) is 31.4 Å². The first-order valence-corrected chi connectivity index (χ1v) is 20.0. The molecule has 12 nitrogen and oxygen atoms in total. The molecule has 0 saturated heterocycles. The Labute approximate surface area is 287 Å². The van der Waals surface area contributed by atoms with Crippen LogP contribution in [-0.4, -0.2) is 94.1 Å². The highest BCUT2D eigenvalue weighted by atomic mass is 32.2. The molecule has 8 saturated carbocycles. The second-order valence-electron chi connectivity index (χ2n) is 16.2. The lowest BCUT2D eigenvalue weighted by Crippen LogP contribution is -2.60. The summed E-state index contributed by atoms with van der Waals surface area (Å²) in [5.41, 5.74) is -3.30. The summed E-state index contributed by atoms with van der Waals surface area (Å²) < 4.78 is 140. The molecule has 0 heterocycles. The first-order valence-electron chi connectivity index (χ1n) is 16.9. The lowest BCUT2D eigenvalue weighted by Gasteiger charge is -2.59. The molecule has 2 N–H and O–H groups in total. The molecule has 0 aliphatic heterocycles. The van der Waals surface area contributed by atoms with E-state index in [0.29, 0.717) is 64.2 Å². The minimum atomic E-state index is -5.07. The highest BCUT2D eigenvalue weighted by molar-refractivity contribution is 7.85. The molecule has 0 aromatic heterocycles. The van der Waals surface area contributed by atoms with Crippen LogP contribution in [0.25, 0.3) is 0 Å². The van der Waals surface area contributed by atoms with Crippen LogP contribution >= 0.6 is 0 Å². The van der Waals surface area contributed by atoms with E-state index < -0.39 is 110 Å². The number of hydrogen-bond acceptors (Lipinski definition) is 12. The first-order chi connectivity index (χ1) is 22.7. The Kier molecular flexibility index (Phi) is 10.5. The monoisotopic (exact) mass is 766 g/mol. The summed E-state index contributed by atoms with van der Waals surface area (Å²) in [6, 6.07) is 0. The van der Waals surface area contributed by atoms with Gasteiger partial charge in [0.2, 0.25) is 0 Å². The highest BCUT2D eigenvalue weighted by Gasteiger charge is 2.60. The van der Waals surface area contributed by atoms with Crippen LogP contribution in [-0.2, 0) is 39.3 Å². The predicted octanol–water partition coefficient (Wildman–Crippen LogP) is 3.69. The molecule has 0 aromatic rings. The zero-order valence-corrected chi connectivity index (χ0v) is 28.9. The molecule has 5 unspecified atom stereocenters. The maximum Gasteiger partial charge on any atom is 0.392 e. The van der Waals surface area contributed by atoms with Crippen molar-refractivity contribution >= 4 is 32.2 Å². The van der Waals surface area contributed by atoms with Gasteiger partial charge in [0.15, 0.2) is 0 Å². The second kappa shape index (κ2) is 13.3. The van der Waals surface area contributed by atoms with Crippen molar-refractivity contribution in [2.75, 3.05) is 11.5 Å². The SMILES string of the molecule is O=C(CCC(CS(=O)(=O)[O-])C(F)(F)F)OC12CC3CC(CC(O)(C3)C1)C2.O=C(CCC(F)(F)CS(=O)(=O)[O-])OC12CC3CC(CC(O)(C3)C1)C2. The summed E-state index contributed by atoms with van der Waals surface area (Å²) in [4.78, 5) is 24.1. The molecule has 8 aliphatic rings. The van der Waals surface area contributed by atoms with Crippen LogP contribution in [0.1, 0.15) is 103 Å². The van der Waals surface area contributed by atoms with Crippen LogP contribution in [0.5, 0.6) is 0 Å². The molecule has 0 spiro atoms. The number of halogens is 5. The van der Waals surface area contributed by atoms with E-state index in [9.17, 15) is 67.7 Å². The van der Waals surface area contributed by atoms with Crippen LogP contribution in [0.15, 0.2) is 0 Å². The number of aliphatic hydroxyl groups is 2. The Morgan fingerprint density at radius 1 is 0.700 bits per heavy atom. The molecule has 8 rings (SSSR count). The fourth-order valence-corrected chi connectivity index (χ4v) is 12.1. The van der Waals surface area contributed by atoms with Crippen molar-refractivity contribution in [2.24, 2.45) is 29.6 Å². The van der Waals surface area contributed by atoms with Gasteiger partial charge in [-0.15, -0.1) is 0 Å². The van der Waals surface area contributed by atoms with E-state index in [4.69, 9.17) is 9.47 Å². The number of alkyl halides is 5. The minimum absolute atomic E-state index is 0.252. The van der Waals surface area contributed by atoms with Crippen LogP contribution < -0.4 is 0 Å². The fourth-order valence-electron chi connectivity index (χ4n) is 10.6. The number of ether oxygens (including phenoxy) is 2. The molecule has 288 valence electrons. The molecule has 5 atom stereocenters. The Morgan fingerprint density at radius 3 is 1.44 bits per heavy atom. The summed E-state index contributed by atoms with van der Waals surface area (Å²) in [5, 5.41) is 21.1. The van der Waals surface area contributed by atoms with E-state index >= 15 is 0 Å². The molecule has 8 fully saturated rings. The van der Waals surface area contributed by atoms with Gasteiger partial charge in [-0.05, 0) is 94.3 Å². The van der Waals surface area contributed by atoms with Gasteiger partial charge in [-0.1, -0.05) is 0 Å². The third-order valence-electron chi connectivity index (χ3n) is 11.3. The smallest absolute Gasteiger partial charge is 0.392 e. The van der Waals surface area contributed by atoms with Crippen LogP contribution in [0.2, 0.25) is 0 Å². The molecule has 0 radical (unpaired) electrons. The summed E-state index contributed by atoms with van der Waals surface area (Å²) in [6.45, 7) is 0. The van der Waals surface area contributed by atoms with Gasteiger partial charge in [0.1, 0.15) is 27.1 Å². The van der Waals surface area contributed by atoms with Crippen molar-refractivity contribution in [1.29, 1.82) is 0 Å². The van der Waals surface area contributed by atoms with Gasteiger partial charge >= 0.3 is 18.1 Å². The Hall–Kier alpha value is -1.67. The van der Waals surface area contributed by atoms with E-state index in [2.05, 4.69) is 0 Å². The van der Waals surface area contributed by atoms with Crippen molar-refractivity contribution in [3.8, 4) is 0 Å². The van der Waals surface area contributed by atoms with E-state index in [1.165, 1.54) is 0 Å². The van der Waals surface area contributed by atoms with Crippen molar-refractivity contribution in [2.45, 2.75) is 137 Å². The van der Waals surface area contributed by atoms with Gasteiger partial charge in [-0.25, -0.2) is 25.6 Å². The van der Waals surface area contributed by atoms with Gasteiger partial charge in [-0.2, -0.15) is 13.2 Å². The second-order valence-corrected chi connectivity index (χ2v) is 19.1. The average Bonchev–Trinajstić information content (AvgIpc) is 2.84. The van der Waals surface area contributed by atoms with Crippen LogP contribution in [0.4, 0.5) is 22.0 Å². The molecular weight excluding hydrogens is 723 g/mol. The summed E-state index contributed by atoms with van der Waals surface area (Å²) >= 11 is 0. The topological polar surface area (TPSA) is 207 Å². The largest absolute Gasteiger partial charge is 0.748 e. The zero-order valence-electron chi connectivity index (χ0n) is 27.3. The van der Waals surface area contributed by atoms with E-state index in [1.54, 1.807) is 0 Å². The van der Waals surface area contributed by atoms with Crippen LogP contribution in [0.3, 0.4) is 0 Å². The number of carbonyl (C=O) groups excluding carboxylic acids is 2.